The minimum absolute atomic E-state index is 0.00348. The fourth-order valence-corrected chi connectivity index (χ4v) is 4.31. The van der Waals surface area contributed by atoms with Gasteiger partial charge in [0.15, 0.2) is 0 Å². The highest BCUT2D eigenvalue weighted by Gasteiger charge is 2.42. The van der Waals surface area contributed by atoms with E-state index in [9.17, 15) is 9.59 Å². The Balaban J connectivity index is 1.52. The van der Waals surface area contributed by atoms with Crippen LogP contribution >= 0.6 is 11.3 Å². The SMILES string of the molecule is COc1ccc(CCN2CC3=C(C2=O)[C@H](c2cccs2)NC(=O)N3C)cc1. The average molecular weight is 383 g/mol. The van der Waals surface area contributed by atoms with E-state index in [4.69, 9.17) is 4.74 Å². The summed E-state index contributed by atoms with van der Waals surface area (Å²) >= 11 is 1.55. The van der Waals surface area contributed by atoms with E-state index in [0.717, 1.165) is 28.3 Å². The molecule has 1 N–H and O–H groups in total. The van der Waals surface area contributed by atoms with E-state index in [1.54, 1.807) is 30.4 Å². The number of hydrogen-bond acceptors (Lipinski definition) is 4. The second kappa shape index (κ2) is 7.08. The summed E-state index contributed by atoms with van der Waals surface area (Å²) in [6, 6.07) is 11.2. The zero-order valence-corrected chi connectivity index (χ0v) is 16.1. The molecule has 1 aromatic heterocycles. The maximum Gasteiger partial charge on any atom is 0.322 e. The first kappa shape index (κ1) is 17.6. The Morgan fingerprint density at radius 3 is 2.67 bits per heavy atom. The maximum absolute atomic E-state index is 13.1. The van der Waals surface area contributed by atoms with Crippen LogP contribution in [-0.4, -0.2) is 49.0 Å². The minimum Gasteiger partial charge on any atom is -0.497 e. The first-order valence-corrected chi connectivity index (χ1v) is 9.69. The van der Waals surface area contributed by atoms with Crippen LogP contribution in [0.2, 0.25) is 0 Å². The molecule has 4 rings (SSSR count). The van der Waals surface area contributed by atoms with Crippen LogP contribution in [0.3, 0.4) is 0 Å². The number of carbonyl (C=O) groups excluding carboxylic acids is 2. The fourth-order valence-electron chi connectivity index (χ4n) is 3.53. The van der Waals surface area contributed by atoms with Crippen LogP contribution in [0.1, 0.15) is 16.5 Å². The van der Waals surface area contributed by atoms with Crippen molar-refractivity contribution in [3.63, 3.8) is 0 Å². The smallest absolute Gasteiger partial charge is 0.322 e. The normalized spacial score (nSPS) is 19.4. The van der Waals surface area contributed by atoms with E-state index in [1.807, 2.05) is 46.7 Å². The molecule has 3 amide bonds. The van der Waals surface area contributed by atoms with Gasteiger partial charge in [-0.05, 0) is 35.6 Å². The molecule has 3 heterocycles. The summed E-state index contributed by atoms with van der Waals surface area (Å²) in [6.45, 7) is 1.08. The van der Waals surface area contributed by atoms with E-state index in [1.165, 1.54) is 0 Å². The van der Waals surface area contributed by atoms with Crippen molar-refractivity contribution in [2.45, 2.75) is 12.5 Å². The second-order valence-electron chi connectivity index (χ2n) is 6.64. The van der Waals surface area contributed by atoms with Gasteiger partial charge < -0.3 is 15.0 Å². The van der Waals surface area contributed by atoms with Crippen molar-refractivity contribution in [2.75, 3.05) is 27.2 Å². The third-order valence-corrected chi connectivity index (χ3v) is 6.03. The largest absolute Gasteiger partial charge is 0.497 e. The molecule has 2 aromatic rings. The van der Waals surface area contributed by atoms with Gasteiger partial charge in [0.2, 0.25) is 0 Å². The molecule has 0 unspecified atom stereocenters. The molecule has 0 spiro atoms. The summed E-state index contributed by atoms with van der Waals surface area (Å²) in [5.74, 6) is 0.821. The van der Waals surface area contributed by atoms with E-state index in [-0.39, 0.29) is 18.0 Å². The summed E-state index contributed by atoms with van der Waals surface area (Å²) in [7, 11) is 3.36. The highest BCUT2D eigenvalue weighted by atomic mass is 32.1. The number of hydrogen-bond donors (Lipinski definition) is 1. The minimum atomic E-state index is -0.359. The predicted octanol–water partition coefficient (Wildman–Crippen LogP) is 2.79. The summed E-state index contributed by atoms with van der Waals surface area (Å²) in [4.78, 5) is 29.8. The molecule has 27 heavy (non-hydrogen) atoms. The lowest BCUT2D eigenvalue weighted by Gasteiger charge is -2.30. The monoisotopic (exact) mass is 383 g/mol. The number of rotatable bonds is 5. The van der Waals surface area contributed by atoms with Crippen molar-refractivity contribution < 1.29 is 14.3 Å². The van der Waals surface area contributed by atoms with E-state index < -0.39 is 0 Å². The Hall–Kier alpha value is -2.80. The lowest BCUT2D eigenvalue weighted by molar-refractivity contribution is -0.125. The summed E-state index contributed by atoms with van der Waals surface area (Å²) < 4.78 is 5.18. The summed E-state index contributed by atoms with van der Waals surface area (Å²) in [5, 5.41) is 4.91. The molecule has 7 heteroatoms. The first-order chi connectivity index (χ1) is 13.1. The molecule has 0 saturated heterocycles. The number of likely N-dealkylation sites (N-methyl/N-ethyl adjacent to an activating group) is 1. The zero-order valence-electron chi connectivity index (χ0n) is 15.3. The van der Waals surface area contributed by atoms with E-state index >= 15 is 0 Å². The van der Waals surface area contributed by atoms with Gasteiger partial charge >= 0.3 is 6.03 Å². The molecule has 0 radical (unpaired) electrons. The topological polar surface area (TPSA) is 61.9 Å². The van der Waals surface area contributed by atoms with Crippen LogP contribution in [0.4, 0.5) is 4.79 Å². The molecular formula is C20H21N3O3S. The van der Waals surface area contributed by atoms with Gasteiger partial charge in [0.25, 0.3) is 5.91 Å². The van der Waals surface area contributed by atoms with Gasteiger partial charge in [-0.3, -0.25) is 9.69 Å². The zero-order chi connectivity index (χ0) is 19.0. The Bertz CT molecular complexity index is 890. The van der Waals surface area contributed by atoms with Gasteiger partial charge in [0.1, 0.15) is 5.75 Å². The van der Waals surface area contributed by atoms with Gasteiger partial charge in [-0.15, -0.1) is 11.3 Å². The predicted molar refractivity (Wildman–Crippen MR) is 104 cm³/mol. The maximum atomic E-state index is 13.1. The standard InChI is InChI=1S/C20H21N3O3S/c1-22-15-12-23(10-9-13-5-7-14(26-2)8-6-13)19(24)17(15)18(21-20(22)25)16-4-3-11-27-16/h3-8,11,18H,9-10,12H2,1-2H3,(H,21,25)/t18-/m0/s1. The van der Waals surface area contributed by atoms with Crippen molar-refractivity contribution in [2.24, 2.45) is 0 Å². The van der Waals surface area contributed by atoms with Crippen LogP contribution in [0, 0.1) is 0 Å². The lowest BCUT2D eigenvalue weighted by Crippen LogP contribution is -2.45. The van der Waals surface area contributed by atoms with Crippen LogP contribution in [0.25, 0.3) is 0 Å². The summed E-state index contributed by atoms with van der Waals surface area (Å²) in [6.07, 6.45) is 0.755. The third-order valence-electron chi connectivity index (χ3n) is 5.09. The molecule has 1 aromatic carbocycles. The summed E-state index contributed by atoms with van der Waals surface area (Å²) in [5.41, 5.74) is 2.64. The number of amides is 3. The number of ether oxygens (including phenoxy) is 1. The Labute approximate surface area is 162 Å². The molecule has 140 valence electrons. The van der Waals surface area contributed by atoms with E-state index in [0.29, 0.717) is 18.7 Å². The van der Waals surface area contributed by atoms with Gasteiger partial charge in [-0.25, -0.2) is 4.79 Å². The number of methoxy groups -OCH3 is 1. The number of nitrogens with one attached hydrogen (secondary N) is 1. The van der Waals surface area contributed by atoms with E-state index in [2.05, 4.69) is 5.32 Å². The number of nitrogens with zero attached hydrogens (tertiary/aromatic N) is 2. The van der Waals surface area contributed by atoms with Crippen LogP contribution in [0.15, 0.2) is 53.0 Å². The molecule has 1 atom stereocenters. The van der Waals surface area contributed by atoms with Gasteiger partial charge in [-0.1, -0.05) is 18.2 Å². The molecule has 0 saturated carbocycles. The van der Waals surface area contributed by atoms with Crippen molar-refractivity contribution in [3.8, 4) is 5.75 Å². The van der Waals surface area contributed by atoms with Crippen LogP contribution in [0.5, 0.6) is 5.75 Å². The van der Waals surface area contributed by atoms with Crippen molar-refractivity contribution in [1.82, 2.24) is 15.1 Å². The number of carbonyl (C=O) groups is 2. The number of benzene rings is 1. The van der Waals surface area contributed by atoms with Gasteiger partial charge in [-0.2, -0.15) is 0 Å². The molecule has 0 aliphatic carbocycles. The molecule has 2 aliphatic rings. The highest BCUT2D eigenvalue weighted by Crippen LogP contribution is 2.37. The van der Waals surface area contributed by atoms with Gasteiger partial charge in [0, 0.05) is 18.5 Å². The lowest BCUT2D eigenvalue weighted by atomic mass is 10.0. The first-order valence-electron chi connectivity index (χ1n) is 8.81. The Morgan fingerprint density at radius 2 is 2.00 bits per heavy atom. The molecule has 2 aliphatic heterocycles. The average Bonchev–Trinajstić information content (AvgIpc) is 3.32. The third kappa shape index (κ3) is 3.19. The van der Waals surface area contributed by atoms with Crippen LogP contribution < -0.4 is 10.1 Å². The van der Waals surface area contributed by atoms with Crippen molar-refractivity contribution in [3.05, 3.63) is 63.5 Å². The Kier molecular flexibility index (Phi) is 4.61. The quantitative estimate of drug-likeness (QED) is 0.864. The second-order valence-corrected chi connectivity index (χ2v) is 7.62. The molecule has 6 nitrogen and oxygen atoms in total. The van der Waals surface area contributed by atoms with Crippen LogP contribution in [-0.2, 0) is 11.2 Å². The number of thiophene rings is 1. The van der Waals surface area contributed by atoms with Gasteiger partial charge in [0.05, 0.1) is 31.0 Å². The van der Waals surface area contributed by atoms with Crippen molar-refractivity contribution in [1.29, 1.82) is 0 Å². The molecule has 0 bridgehead atoms. The highest BCUT2D eigenvalue weighted by molar-refractivity contribution is 7.10. The molecular weight excluding hydrogens is 362 g/mol. The Morgan fingerprint density at radius 1 is 1.22 bits per heavy atom. The fraction of sp³-hybridized carbons (Fsp3) is 0.300. The van der Waals surface area contributed by atoms with Crippen molar-refractivity contribution >= 4 is 23.3 Å². The number of urea groups is 1. The molecule has 0 fully saturated rings.